The second-order valence-corrected chi connectivity index (χ2v) is 16.2. The highest BCUT2D eigenvalue weighted by Crippen LogP contribution is 2.42. The lowest BCUT2D eigenvalue weighted by molar-refractivity contribution is -0.143. The summed E-state index contributed by atoms with van der Waals surface area (Å²) in [7, 11) is 0. The number of fused-ring (bicyclic) bond motifs is 6. The molecule has 3 aromatic heterocycles. The van der Waals surface area contributed by atoms with Gasteiger partial charge in [-0.3, -0.25) is 9.13 Å². The van der Waals surface area contributed by atoms with Crippen LogP contribution in [0, 0.1) is 27.7 Å². The van der Waals surface area contributed by atoms with Crippen LogP contribution in [0.15, 0.2) is 152 Å². The van der Waals surface area contributed by atoms with Crippen molar-refractivity contribution in [1.29, 1.82) is 0 Å². The molecule has 0 atom stereocenters. The number of halogens is 6. The fourth-order valence-corrected chi connectivity index (χ4v) is 9.07. The number of hydrogen-bond donors (Lipinski definition) is 0. The minimum Gasteiger partial charge on any atom is -0.294 e. The third-order valence-electron chi connectivity index (χ3n) is 11.9. The van der Waals surface area contributed by atoms with E-state index in [0.717, 1.165) is 100 Å². The largest absolute Gasteiger partial charge is 0.416 e. The van der Waals surface area contributed by atoms with Crippen LogP contribution in [0.25, 0.3) is 88.6 Å². The summed E-state index contributed by atoms with van der Waals surface area (Å²) in [5, 5.41) is 3.66. The normalized spacial score (nSPS) is 12.4. The number of pyridine rings is 1. The number of benzene rings is 7. The van der Waals surface area contributed by atoms with Crippen molar-refractivity contribution in [3.63, 3.8) is 0 Å². The van der Waals surface area contributed by atoms with Gasteiger partial charge in [0.15, 0.2) is 0 Å². The van der Waals surface area contributed by atoms with Gasteiger partial charge in [0.1, 0.15) is 11.6 Å². The Morgan fingerprint density at radius 1 is 0.371 bits per heavy atom. The van der Waals surface area contributed by atoms with E-state index in [9.17, 15) is 26.3 Å². The van der Waals surface area contributed by atoms with Gasteiger partial charge in [-0.1, -0.05) is 96.1 Å². The van der Waals surface area contributed by atoms with Gasteiger partial charge in [0.05, 0.1) is 33.2 Å². The van der Waals surface area contributed by atoms with Crippen molar-refractivity contribution in [2.24, 2.45) is 0 Å². The summed E-state index contributed by atoms with van der Waals surface area (Å²) in [5.41, 5.74) is 8.92. The average Bonchev–Trinajstić information content (AvgIpc) is 3.75. The van der Waals surface area contributed by atoms with Gasteiger partial charge in [-0.25, -0.2) is 4.98 Å². The predicted octanol–water partition coefficient (Wildman–Crippen LogP) is 15.5. The summed E-state index contributed by atoms with van der Waals surface area (Å²) in [6.45, 7) is 8.25. The van der Waals surface area contributed by atoms with E-state index in [0.29, 0.717) is 11.6 Å². The van der Waals surface area contributed by atoms with Crippen LogP contribution in [0.2, 0.25) is 0 Å². The fraction of sp³-hybridized carbons (Fsp3) is 0.113. The van der Waals surface area contributed by atoms with Gasteiger partial charge < -0.3 is 0 Å². The standard InChI is InChI=1S/C53H37F6N3/c1-30-13-17-40(32(3)21-30)34-15-19-48-44(25-34)42-9-5-7-11-46(42)61(48)50-27-37(36-23-38(52(54,55)56)29-39(24-36)53(57,58)59)28-51(60-50)62-47-12-8-6-10-43(47)45-26-35(16-20-49(45)62)41-18-14-31(2)22-33(41)4/h5-29H,1-4H3. The Kier molecular flexibility index (Phi) is 8.96. The van der Waals surface area contributed by atoms with Crippen molar-refractivity contribution in [2.45, 2.75) is 40.0 Å². The van der Waals surface area contributed by atoms with E-state index in [4.69, 9.17) is 4.98 Å². The highest BCUT2D eigenvalue weighted by Gasteiger charge is 2.37. The zero-order valence-corrected chi connectivity index (χ0v) is 34.0. The summed E-state index contributed by atoms with van der Waals surface area (Å²) in [6, 6.07) is 45.4. The van der Waals surface area contributed by atoms with E-state index in [1.54, 1.807) is 12.1 Å². The Morgan fingerprint density at radius 3 is 1.19 bits per heavy atom. The molecular weight excluding hydrogens is 793 g/mol. The van der Waals surface area contributed by atoms with Gasteiger partial charge in [0.2, 0.25) is 0 Å². The molecule has 0 unspecified atom stereocenters. The van der Waals surface area contributed by atoms with Crippen molar-refractivity contribution >= 4 is 43.6 Å². The van der Waals surface area contributed by atoms with Gasteiger partial charge >= 0.3 is 12.4 Å². The second-order valence-electron chi connectivity index (χ2n) is 16.2. The van der Waals surface area contributed by atoms with E-state index in [-0.39, 0.29) is 17.2 Å². The molecule has 7 aromatic carbocycles. The number of aryl methyl sites for hydroxylation is 4. The first kappa shape index (κ1) is 39.0. The zero-order chi connectivity index (χ0) is 43.2. The number of para-hydroxylation sites is 2. The highest BCUT2D eigenvalue weighted by molar-refractivity contribution is 6.12. The third-order valence-corrected chi connectivity index (χ3v) is 11.9. The molecule has 306 valence electrons. The van der Waals surface area contributed by atoms with E-state index in [2.05, 4.69) is 76.2 Å². The summed E-state index contributed by atoms with van der Waals surface area (Å²) in [5.74, 6) is 0.651. The Balaban J connectivity index is 1.27. The van der Waals surface area contributed by atoms with Crippen LogP contribution in [0.3, 0.4) is 0 Å². The molecule has 62 heavy (non-hydrogen) atoms. The van der Waals surface area contributed by atoms with E-state index in [1.807, 2.05) is 81.9 Å². The molecular formula is C53H37F6N3. The van der Waals surface area contributed by atoms with Crippen LogP contribution in [0.5, 0.6) is 0 Å². The number of rotatable bonds is 5. The van der Waals surface area contributed by atoms with Crippen LogP contribution in [0.1, 0.15) is 33.4 Å². The lowest BCUT2D eigenvalue weighted by atomic mass is 9.97. The molecule has 10 rings (SSSR count). The maximum Gasteiger partial charge on any atom is 0.416 e. The number of aromatic nitrogens is 3. The molecule has 0 spiro atoms. The molecule has 0 N–H and O–H groups in total. The summed E-state index contributed by atoms with van der Waals surface area (Å²) >= 11 is 0. The van der Waals surface area contributed by atoms with E-state index in [1.165, 1.54) is 0 Å². The molecule has 0 saturated carbocycles. The van der Waals surface area contributed by atoms with Crippen molar-refractivity contribution in [3.05, 3.63) is 185 Å². The van der Waals surface area contributed by atoms with E-state index < -0.39 is 23.5 Å². The van der Waals surface area contributed by atoms with Crippen molar-refractivity contribution in [1.82, 2.24) is 14.1 Å². The SMILES string of the molecule is Cc1ccc(-c2ccc3c(c2)c2ccccc2n3-c2cc(-c3cc(C(F)(F)F)cc(C(F)(F)F)c3)cc(-n3c4ccccc4c4cc(-c5ccc(C)cc5C)ccc43)n2)c(C)c1. The van der Waals surface area contributed by atoms with Crippen molar-refractivity contribution in [3.8, 4) is 45.0 Å². The molecule has 3 heterocycles. The molecule has 0 bridgehead atoms. The zero-order valence-electron chi connectivity index (χ0n) is 34.0. The van der Waals surface area contributed by atoms with Gasteiger partial charge in [-0.15, -0.1) is 0 Å². The van der Waals surface area contributed by atoms with Crippen LogP contribution >= 0.6 is 0 Å². The maximum absolute atomic E-state index is 14.4. The third kappa shape index (κ3) is 6.59. The first-order valence-corrected chi connectivity index (χ1v) is 20.2. The van der Waals surface area contributed by atoms with Crippen molar-refractivity contribution in [2.75, 3.05) is 0 Å². The number of hydrogen-bond acceptors (Lipinski definition) is 1. The van der Waals surface area contributed by atoms with Crippen LogP contribution in [0.4, 0.5) is 26.3 Å². The molecule has 0 saturated heterocycles. The number of alkyl halides is 6. The first-order valence-electron chi connectivity index (χ1n) is 20.2. The lowest BCUT2D eigenvalue weighted by Crippen LogP contribution is -2.11. The molecule has 0 aliphatic heterocycles. The molecule has 9 heteroatoms. The minimum atomic E-state index is -5.03. The monoisotopic (exact) mass is 829 g/mol. The predicted molar refractivity (Wildman–Crippen MR) is 238 cm³/mol. The summed E-state index contributed by atoms with van der Waals surface area (Å²) in [6.07, 6.45) is -10.1. The Morgan fingerprint density at radius 2 is 0.774 bits per heavy atom. The summed E-state index contributed by atoms with van der Waals surface area (Å²) in [4.78, 5) is 5.28. The smallest absolute Gasteiger partial charge is 0.294 e. The first-order chi connectivity index (χ1) is 29.6. The van der Waals surface area contributed by atoms with E-state index >= 15 is 0 Å². The Bertz CT molecular complexity index is 3220. The minimum absolute atomic E-state index is 0.136. The summed E-state index contributed by atoms with van der Waals surface area (Å²) < 4.78 is 90.1. The van der Waals surface area contributed by atoms with Crippen LogP contribution < -0.4 is 0 Å². The van der Waals surface area contributed by atoms with Gasteiger partial charge in [-0.05, 0) is 139 Å². The second kappa shape index (κ2) is 14.2. The molecule has 10 aromatic rings. The van der Waals surface area contributed by atoms with Gasteiger partial charge in [0.25, 0.3) is 0 Å². The molecule has 0 fully saturated rings. The van der Waals surface area contributed by atoms with Crippen molar-refractivity contribution < 1.29 is 26.3 Å². The van der Waals surface area contributed by atoms with Crippen LogP contribution in [-0.2, 0) is 12.4 Å². The maximum atomic E-state index is 14.4. The molecule has 3 nitrogen and oxygen atoms in total. The molecule has 0 radical (unpaired) electrons. The number of nitrogens with zero attached hydrogens (tertiary/aromatic N) is 3. The van der Waals surface area contributed by atoms with Crippen LogP contribution in [-0.4, -0.2) is 14.1 Å². The molecule has 0 aliphatic carbocycles. The van der Waals surface area contributed by atoms with Gasteiger partial charge in [0, 0.05) is 21.5 Å². The topological polar surface area (TPSA) is 22.8 Å². The Hall–Kier alpha value is -7.13. The lowest BCUT2D eigenvalue weighted by Gasteiger charge is -2.17. The fourth-order valence-electron chi connectivity index (χ4n) is 9.07. The Labute approximate surface area is 353 Å². The quantitative estimate of drug-likeness (QED) is 0.158. The highest BCUT2D eigenvalue weighted by atomic mass is 19.4. The molecule has 0 aliphatic rings. The average molecular weight is 830 g/mol. The molecule has 0 amide bonds. The van der Waals surface area contributed by atoms with Gasteiger partial charge in [-0.2, -0.15) is 26.3 Å².